The summed E-state index contributed by atoms with van der Waals surface area (Å²) in [5.41, 5.74) is 8.08. The summed E-state index contributed by atoms with van der Waals surface area (Å²) in [5.74, 6) is 1.19. The third-order valence-corrected chi connectivity index (χ3v) is 5.54. The van der Waals surface area contributed by atoms with Gasteiger partial charge in [-0.05, 0) is 62.4 Å². The number of fused-ring (bicyclic) bond motifs is 3. The summed E-state index contributed by atoms with van der Waals surface area (Å²) in [7, 11) is 0. The summed E-state index contributed by atoms with van der Waals surface area (Å²) in [4.78, 5) is 23.0. The van der Waals surface area contributed by atoms with Crippen molar-refractivity contribution in [3.05, 3.63) is 46.1 Å². The number of aryl methyl sites for hydroxylation is 3. The predicted octanol–water partition coefficient (Wildman–Crippen LogP) is 3.72. The molecule has 0 saturated carbocycles. The highest BCUT2D eigenvalue weighted by Gasteiger charge is 2.20. The number of amides is 1. The molecular formula is C18H18N4OS. The lowest BCUT2D eigenvalue weighted by Crippen LogP contribution is -2.10. The standard InChI is InChI=1S/C18H18N4OS/c1-10-20-17(22-12-8-6-11(7-9-12)16(19)23)15-13-4-2-3-5-14(13)24-18(15)21-10/h6-9H,2-5H2,1H3,(H2,19,23)(H,20,21,22). The average Bonchev–Trinajstić information content (AvgIpc) is 2.93. The van der Waals surface area contributed by atoms with Crippen LogP contribution in [0.3, 0.4) is 0 Å². The first-order chi connectivity index (χ1) is 11.6. The quantitative estimate of drug-likeness (QED) is 0.762. The van der Waals surface area contributed by atoms with Crippen LogP contribution in [0.2, 0.25) is 0 Å². The van der Waals surface area contributed by atoms with E-state index in [0.717, 1.165) is 40.4 Å². The van der Waals surface area contributed by atoms with Crippen molar-refractivity contribution in [3.8, 4) is 0 Å². The van der Waals surface area contributed by atoms with Crippen molar-refractivity contribution in [1.29, 1.82) is 0 Å². The molecule has 2 aromatic heterocycles. The molecule has 0 saturated heterocycles. The Morgan fingerprint density at radius 2 is 1.92 bits per heavy atom. The Hall–Kier alpha value is -2.47. The van der Waals surface area contributed by atoms with Gasteiger partial charge in [-0.25, -0.2) is 9.97 Å². The summed E-state index contributed by atoms with van der Waals surface area (Å²) in [6.07, 6.45) is 4.71. The van der Waals surface area contributed by atoms with Crippen LogP contribution < -0.4 is 11.1 Å². The minimum Gasteiger partial charge on any atom is -0.366 e. The number of nitrogens with one attached hydrogen (secondary N) is 1. The van der Waals surface area contributed by atoms with Gasteiger partial charge in [0, 0.05) is 16.1 Å². The highest BCUT2D eigenvalue weighted by atomic mass is 32.1. The van der Waals surface area contributed by atoms with E-state index in [-0.39, 0.29) is 0 Å². The summed E-state index contributed by atoms with van der Waals surface area (Å²) in [6, 6.07) is 7.14. The van der Waals surface area contributed by atoms with Crippen molar-refractivity contribution in [3.63, 3.8) is 0 Å². The molecule has 1 aliphatic carbocycles. The number of thiophene rings is 1. The number of carbonyl (C=O) groups excluding carboxylic acids is 1. The number of primary amides is 1. The number of hydrogen-bond donors (Lipinski definition) is 2. The van der Waals surface area contributed by atoms with Crippen molar-refractivity contribution < 1.29 is 4.79 Å². The minimum atomic E-state index is -0.422. The molecule has 3 aromatic rings. The van der Waals surface area contributed by atoms with E-state index in [1.807, 2.05) is 19.1 Å². The third kappa shape index (κ3) is 2.63. The summed E-state index contributed by atoms with van der Waals surface area (Å²) in [6.45, 7) is 1.92. The normalized spacial score (nSPS) is 13.7. The maximum atomic E-state index is 11.2. The summed E-state index contributed by atoms with van der Waals surface area (Å²) < 4.78 is 0. The zero-order valence-corrected chi connectivity index (χ0v) is 14.2. The van der Waals surface area contributed by atoms with Gasteiger partial charge in [-0.1, -0.05) is 0 Å². The highest BCUT2D eigenvalue weighted by molar-refractivity contribution is 7.19. The molecule has 1 amide bonds. The lowest BCUT2D eigenvalue weighted by Gasteiger charge is -2.13. The Bertz CT molecular complexity index is 930. The van der Waals surface area contributed by atoms with E-state index in [1.54, 1.807) is 23.5 Å². The molecule has 0 unspecified atom stereocenters. The van der Waals surface area contributed by atoms with Crippen LogP contribution in [-0.2, 0) is 12.8 Å². The maximum Gasteiger partial charge on any atom is 0.248 e. The van der Waals surface area contributed by atoms with Gasteiger partial charge in [0.15, 0.2) is 0 Å². The van der Waals surface area contributed by atoms with Gasteiger partial charge in [0.05, 0.1) is 5.39 Å². The molecule has 0 spiro atoms. The number of nitrogens with two attached hydrogens (primary N) is 1. The highest BCUT2D eigenvalue weighted by Crippen LogP contribution is 2.39. The van der Waals surface area contributed by atoms with E-state index in [1.165, 1.54) is 23.3 Å². The molecule has 1 aliphatic rings. The van der Waals surface area contributed by atoms with Crippen molar-refractivity contribution >= 4 is 39.0 Å². The Balaban J connectivity index is 1.78. The summed E-state index contributed by atoms with van der Waals surface area (Å²) in [5, 5.41) is 4.55. The van der Waals surface area contributed by atoms with Crippen molar-refractivity contribution in [2.75, 3.05) is 5.32 Å². The Labute approximate surface area is 143 Å². The Morgan fingerprint density at radius 1 is 1.17 bits per heavy atom. The van der Waals surface area contributed by atoms with E-state index in [2.05, 4.69) is 15.3 Å². The smallest absolute Gasteiger partial charge is 0.248 e. The Kier molecular flexibility index (Phi) is 3.69. The minimum absolute atomic E-state index is 0.422. The molecule has 0 radical (unpaired) electrons. The van der Waals surface area contributed by atoms with Crippen molar-refractivity contribution in [2.24, 2.45) is 5.73 Å². The second-order valence-corrected chi connectivity index (χ2v) is 7.16. The van der Waals surface area contributed by atoms with Gasteiger partial charge in [0.25, 0.3) is 0 Å². The van der Waals surface area contributed by atoms with Crippen LogP contribution in [0.4, 0.5) is 11.5 Å². The number of aromatic nitrogens is 2. The van der Waals surface area contributed by atoms with E-state index < -0.39 is 5.91 Å². The molecule has 0 atom stereocenters. The van der Waals surface area contributed by atoms with Crippen LogP contribution in [0.5, 0.6) is 0 Å². The van der Waals surface area contributed by atoms with E-state index in [0.29, 0.717) is 5.56 Å². The van der Waals surface area contributed by atoms with E-state index in [9.17, 15) is 4.79 Å². The average molecular weight is 338 g/mol. The SMILES string of the molecule is Cc1nc(Nc2ccc(C(N)=O)cc2)c2c3c(sc2n1)CCCC3. The van der Waals surface area contributed by atoms with Gasteiger partial charge < -0.3 is 11.1 Å². The first-order valence-corrected chi connectivity index (χ1v) is 8.89. The molecule has 3 N–H and O–H groups in total. The van der Waals surface area contributed by atoms with E-state index in [4.69, 9.17) is 5.73 Å². The lowest BCUT2D eigenvalue weighted by atomic mass is 9.97. The fourth-order valence-electron chi connectivity index (χ4n) is 3.21. The number of benzene rings is 1. The van der Waals surface area contributed by atoms with Gasteiger partial charge in [-0.3, -0.25) is 4.79 Å². The fraction of sp³-hybridized carbons (Fsp3) is 0.278. The van der Waals surface area contributed by atoms with Gasteiger partial charge in [-0.2, -0.15) is 0 Å². The van der Waals surface area contributed by atoms with Gasteiger partial charge >= 0.3 is 0 Å². The van der Waals surface area contributed by atoms with Gasteiger partial charge in [0.2, 0.25) is 5.91 Å². The molecule has 4 rings (SSSR count). The molecule has 2 heterocycles. The predicted molar refractivity (Wildman–Crippen MR) is 97.0 cm³/mol. The monoisotopic (exact) mass is 338 g/mol. The van der Waals surface area contributed by atoms with Crippen LogP contribution >= 0.6 is 11.3 Å². The zero-order valence-electron chi connectivity index (χ0n) is 13.4. The molecule has 5 nitrogen and oxygen atoms in total. The molecule has 6 heteroatoms. The van der Waals surface area contributed by atoms with Crippen LogP contribution in [0.15, 0.2) is 24.3 Å². The molecule has 24 heavy (non-hydrogen) atoms. The zero-order chi connectivity index (χ0) is 16.7. The van der Waals surface area contributed by atoms with Crippen LogP contribution in [0.25, 0.3) is 10.2 Å². The fourth-order valence-corrected chi connectivity index (χ4v) is 4.52. The van der Waals surface area contributed by atoms with Gasteiger partial charge in [-0.15, -0.1) is 11.3 Å². The lowest BCUT2D eigenvalue weighted by molar-refractivity contribution is 0.100. The van der Waals surface area contributed by atoms with Crippen molar-refractivity contribution in [2.45, 2.75) is 32.6 Å². The summed E-state index contributed by atoms with van der Waals surface area (Å²) >= 11 is 1.79. The Morgan fingerprint density at radius 3 is 2.67 bits per heavy atom. The second-order valence-electron chi connectivity index (χ2n) is 6.08. The first kappa shape index (κ1) is 15.1. The topological polar surface area (TPSA) is 80.9 Å². The van der Waals surface area contributed by atoms with Crippen molar-refractivity contribution in [1.82, 2.24) is 9.97 Å². The first-order valence-electron chi connectivity index (χ1n) is 8.07. The van der Waals surface area contributed by atoms with Gasteiger partial charge in [0.1, 0.15) is 16.5 Å². The molecular weight excluding hydrogens is 320 g/mol. The van der Waals surface area contributed by atoms with Crippen LogP contribution in [0.1, 0.15) is 39.5 Å². The molecule has 0 bridgehead atoms. The number of nitrogens with zero attached hydrogens (tertiary/aromatic N) is 2. The second kappa shape index (κ2) is 5.87. The number of hydrogen-bond acceptors (Lipinski definition) is 5. The third-order valence-electron chi connectivity index (χ3n) is 4.36. The van der Waals surface area contributed by atoms with Crippen LogP contribution in [-0.4, -0.2) is 15.9 Å². The number of rotatable bonds is 3. The van der Waals surface area contributed by atoms with E-state index >= 15 is 0 Å². The number of carbonyl (C=O) groups is 1. The van der Waals surface area contributed by atoms with Crippen LogP contribution in [0, 0.1) is 6.92 Å². The maximum absolute atomic E-state index is 11.2. The molecule has 122 valence electrons. The number of anilines is 2. The largest absolute Gasteiger partial charge is 0.366 e. The molecule has 0 fully saturated rings. The molecule has 1 aromatic carbocycles. The molecule has 0 aliphatic heterocycles.